The zero-order valence-electron chi connectivity index (χ0n) is 10.9. The van der Waals surface area contributed by atoms with Gasteiger partial charge >= 0.3 is 5.97 Å². The summed E-state index contributed by atoms with van der Waals surface area (Å²) in [5.41, 5.74) is 1.65. The fourth-order valence-corrected chi connectivity index (χ4v) is 2.74. The van der Waals surface area contributed by atoms with Gasteiger partial charge in [-0.05, 0) is 56.0 Å². The summed E-state index contributed by atoms with van der Waals surface area (Å²) in [5.74, 6) is -0.286. The molecule has 98 valence electrons. The first-order valence-electron chi connectivity index (χ1n) is 6.76. The average molecular weight is 247 g/mol. The Morgan fingerprint density at radius 3 is 2.72 bits per heavy atom. The molecule has 3 nitrogen and oxygen atoms in total. The van der Waals surface area contributed by atoms with Gasteiger partial charge < -0.3 is 10.0 Å². The Morgan fingerprint density at radius 1 is 1.39 bits per heavy atom. The Kier molecular flexibility index (Phi) is 4.37. The van der Waals surface area contributed by atoms with Gasteiger partial charge in [0.2, 0.25) is 0 Å². The normalized spacial score (nSPS) is 20.8. The number of piperidine rings is 1. The largest absolute Gasteiger partial charge is 0.478 e. The van der Waals surface area contributed by atoms with E-state index >= 15 is 0 Å². The fourth-order valence-electron chi connectivity index (χ4n) is 2.74. The topological polar surface area (TPSA) is 40.5 Å². The number of carbonyl (C=O) groups is 1. The number of hydrogen-bond donors (Lipinski definition) is 1. The van der Waals surface area contributed by atoms with Crippen LogP contribution in [0.3, 0.4) is 0 Å². The van der Waals surface area contributed by atoms with Gasteiger partial charge in [-0.2, -0.15) is 0 Å². The molecule has 1 unspecified atom stereocenters. The number of likely N-dealkylation sites (tertiary alicyclic amines) is 1. The van der Waals surface area contributed by atoms with Crippen molar-refractivity contribution in [3.05, 3.63) is 35.4 Å². The molecule has 1 aromatic carbocycles. The van der Waals surface area contributed by atoms with Gasteiger partial charge in [0.05, 0.1) is 5.56 Å². The van der Waals surface area contributed by atoms with Crippen LogP contribution in [0.4, 0.5) is 0 Å². The number of carboxylic acids is 1. The van der Waals surface area contributed by atoms with Crippen LogP contribution in [0, 0.1) is 0 Å². The van der Waals surface area contributed by atoms with Crippen LogP contribution in [0.1, 0.15) is 48.0 Å². The zero-order valence-corrected chi connectivity index (χ0v) is 10.9. The lowest BCUT2D eigenvalue weighted by molar-refractivity contribution is 0.0697. The van der Waals surface area contributed by atoms with E-state index in [1.54, 1.807) is 12.1 Å². The third-order valence-electron chi connectivity index (χ3n) is 3.67. The molecule has 1 N–H and O–H groups in total. The first kappa shape index (κ1) is 13.1. The molecular formula is C15H21NO2. The van der Waals surface area contributed by atoms with Crippen molar-refractivity contribution in [3.63, 3.8) is 0 Å². The van der Waals surface area contributed by atoms with Gasteiger partial charge in [0.1, 0.15) is 0 Å². The molecule has 1 atom stereocenters. The maximum Gasteiger partial charge on any atom is 0.335 e. The minimum atomic E-state index is -0.849. The molecule has 3 heteroatoms. The molecule has 0 saturated carbocycles. The van der Waals surface area contributed by atoms with E-state index in [0.717, 1.165) is 6.54 Å². The smallest absolute Gasteiger partial charge is 0.335 e. The number of nitrogens with zero attached hydrogens (tertiary/aromatic N) is 1. The van der Waals surface area contributed by atoms with E-state index in [-0.39, 0.29) is 0 Å². The first-order valence-corrected chi connectivity index (χ1v) is 6.76. The average Bonchev–Trinajstić information content (AvgIpc) is 2.39. The van der Waals surface area contributed by atoms with Crippen LogP contribution >= 0.6 is 0 Å². The molecule has 1 heterocycles. The molecule has 0 amide bonds. The van der Waals surface area contributed by atoms with E-state index < -0.39 is 5.97 Å². The van der Waals surface area contributed by atoms with Crippen molar-refractivity contribution in [2.24, 2.45) is 0 Å². The summed E-state index contributed by atoms with van der Waals surface area (Å²) in [7, 11) is 0. The number of rotatable bonds is 4. The maximum absolute atomic E-state index is 10.8. The van der Waals surface area contributed by atoms with Gasteiger partial charge in [-0.3, -0.25) is 0 Å². The second-order valence-corrected chi connectivity index (χ2v) is 5.07. The van der Waals surface area contributed by atoms with Crippen LogP contribution in [-0.2, 0) is 0 Å². The number of benzene rings is 1. The summed E-state index contributed by atoms with van der Waals surface area (Å²) >= 11 is 0. The Bertz CT molecular complexity index is 397. The van der Waals surface area contributed by atoms with Crippen LogP contribution in [0.5, 0.6) is 0 Å². The van der Waals surface area contributed by atoms with Gasteiger partial charge in [-0.15, -0.1) is 0 Å². The predicted molar refractivity (Wildman–Crippen MR) is 72.1 cm³/mol. The summed E-state index contributed by atoms with van der Waals surface area (Å²) in [6.07, 6.45) is 3.66. The molecule has 1 aromatic rings. The van der Waals surface area contributed by atoms with Gasteiger partial charge in [0.15, 0.2) is 0 Å². The molecular weight excluding hydrogens is 226 g/mol. The molecule has 2 rings (SSSR count). The highest BCUT2D eigenvalue weighted by molar-refractivity contribution is 5.87. The van der Waals surface area contributed by atoms with Crippen LogP contribution < -0.4 is 0 Å². The predicted octanol–water partition coefficient (Wildman–Crippen LogP) is 2.97. The van der Waals surface area contributed by atoms with Crippen molar-refractivity contribution in [2.75, 3.05) is 19.6 Å². The van der Waals surface area contributed by atoms with Crippen molar-refractivity contribution in [1.29, 1.82) is 0 Å². The fraction of sp³-hybridized carbons (Fsp3) is 0.533. The standard InChI is InChI=1S/C15H21NO2/c1-2-9-16-10-3-4-14(11-16)12-5-7-13(8-6-12)15(17)18/h5-8,14H,2-4,9-11H2,1H3,(H,17,18). The Labute approximate surface area is 108 Å². The quantitative estimate of drug-likeness (QED) is 0.889. The number of hydrogen-bond acceptors (Lipinski definition) is 2. The minimum Gasteiger partial charge on any atom is -0.478 e. The van der Waals surface area contributed by atoms with Gasteiger partial charge in [-0.1, -0.05) is 19.1 Å². The summed E-state index contributed by atoms with van der Waals surface area (Å²) in [4.78, 5) is 13.3. The maximum atomic E-state index is 10.8. The van der Waals surface area contributed by atoms with Crippen molar-refractivity contribution < 1.29 is 9.90 Å². The Hall–Kier alpha value is -1.35. The molecule has 1 aliphatic rings. The van der Waals surface area contributed by atoms with Crippen LogP contribution in [0.15, 0.2) is 24.3 Å². The van der Waals surface area contributed by atoms with Gasteiger partial charge in [-0.25, -0.2) is 4.79 Å². The second kappa shape index (κ2) is 6.01. The third kappa shape index (κ3) is 3.10. The molecule has 18 heavy (non-hydrogen) atoms. The van der Waals surface area contributed by atoms with E-state index in [4.69, 9.17) is 5.11 Å². The minimum absolute atomic E-state index is 0.375. The van der Waals surface area contributed by atoms with Gasteiger partial charge in [0, 0.05) is 6.54 Å². The Morgan fingerprint density at radius 2 is 2.11 bits per heavy atom. The molecule has 0 aliphatic carbocycles. The van der Waals surface area contributed by atoms with E-state index in [1.807, 2.05) is 12.1 Å². The molecule has 1 fully saturated rings. The van der Waals surface area contributed by atoms with Crippen molar-refractivity contribution in [1.82, 2.24) is 4.90 Å². The molecule has 1 saturated heterocycles. The summed E-state index contributed by atoms with van der Waals surface area (Å²) in [5, 5.41) is 8.89. The molecule has 0 spiro atoms. The Balaban J connectivity index is 2.04. The van der Waals surface area contributed by atoms with Crippen LogP contribution in [-0.4, -0.2) is 35.6 Å². The van der Waals surface area contributed by atoms with E-state index in [0.29, 0.717) is 11.5 Å². The summed E-state index contributed by atoms with van der Waals surface area (Å²) in [6.45, 7) is 5.70. The summed E-state index contributed by atoms with van der Waals surface area (Å²) in [6, 6.07) is 7.39. The highest BCUT2D eigenvalue weighted by atomic mass is 16.4. The second-order valence-electron chi connectivity index (χ2n) is 5.07. The molecule has 0 radical (unpaired) electrons. The van der Waals surface area contributed by atoms with Crippen molar-refractivity contribution in [2.45, 2.75) is 32.1 Å². The third-order valence-corrected chi connectivity index (χ3v) is 3.67. The SMILES string of the molecule is CCCN1CCCC(c2ccc(C(=O)O)cc2)C1. The number of aromatic carboxylic acids is 1. The lowest BCUT2D eigenvalue weighted by atomic mass is 9.90. The first-order chi connectivity index (χ1) is 8.70. The lowest BCUT2D eigenvalue weighted by Gasteiger charge is -2.32. The monoisotopic (exact) mass is 247 g/mol. The summed E-state index contributed by atoms with van der Waals surface area (Å²) < 4.78 is 0. The van der Waals surface area contributed by atoms with Crippen LogP contribution in [0.2, 0.25) is 0 Å². The highest BCUT2D eigenvalue weighted by Gasteiger charge is 2.20. The lowest BCUT2D eigenvalue weighted by Crippen LogP contribution is -2.34. The molecule has 0 bridgehead atoms. The van der Waals surface area contributed by atoms with Crippen molar-refractivity contribution >= 4 is 5.97 Å². The van der Waals surface area contributed by atoms with Crippen LogP contribution in [0.25, 0.3) is 0 Å². The van der Waals surface area contributed by atoms with E-state index in [1.165, 1.54) is 37.9 Å². The van der Waals surface area contributed by atoms with Gasteiger partial charge in [0.25, 0.3) is 0 Å². The molecule has 1 aliphatic heterocycles. The highest BCUT2D eigenvalue weighted by Crippen LogP contribution is 2.27. The van der Waals surface area contributed by atoms with Crippen molar-refractivity contribution in [3.8, 4) is 0 Å². The number of carboxylic acid groups (broad SMARTS) is 1. The molecule has 0 aromatic heterocycles. The zero-order chi connectivity index (χ0) is 13.0. The van der Waals surface area contributed by atoms with E-state index in [2.05, 4.69) is 11.8 Å². The van der Waals surface area contributed by atoms with E-state index in [9.17, 15) is 4.79 Å².